The highest BCUT2D eigenvalue weighted by Crippen LogP contribution is 2.19. The van der Waals surface area contributed by atoms with E-state index >= 15 is 0 Å². The highest BCUT2D eigenvalue weighted by atomic mass is 127. The molecule has 9 heteroatoms. The molecule has 1 aromatic carbocycles. The van der Waals surface area contributed by atoms with Crippen molar-refractivity contribution < 1.29 is 9.21 Å². The number of rotatable bonds is 5. The number of nitrogens with one attached hydrogen (secondary N) is 1. The van der Waals surface area contributed by atoms with Gasteiger partial charge in [-0.2, -0.15) is 0 Å². The number of carbonyl (C=O) groups excluding carboxylic acids is 1. The minimum absolute atomic E-state index is 0. The largest absolute Gasteiger partial charge is 0.444 e. The van der Waals surface area contributed by atoms with Gasteiger partial charge in [-0.05, 0) is 32.9 Å². The summed E-state index contributed by atoms with van der Waals surface area (Å²) in [4.78, 5) is 24.9. The SMILES string of the molecule is CN=C(NCc1coc(-c2ccc(C)cc2)n1)N1CCN(C(C)(C)C(N)=O)CC1.I. The molecule has 0 atom stereocenters. The maximum Gasteiger partial charge on any atom is 0.237 e. The number of aryl methyl sites for hydroxylation is 1. The summed E-state index contributed by atoms with van der Waals surface area (Å²) in [5, 5.41) is 3.35. The van der Waals surface area contributed by atoms with Gasteiger partial charge in [0.1, 0.15) is 6.26 Å². The highest BCUT2D eigenvalue weighted by Gasteiger charge is 2.35. The Morgan fingerprint density at radius 2 is 1.87 bits per heavy atom. The summed E-state index contributed by atoms with van der Waals surface area (Å²) in [6.07, 6.45) is 1.67. The van der Waals surface area contributed by atoms with E-state index in [9.17, 15) is 4.79 Å². The molecule has 8 nitrogen and oxygen atoms in total. The molecule has 1 fully saturated rings. The van der Waals surface area contributed by atoms with Gasteiger partial charge in [0, 0.05) is 38.8 Å². The number of hydrogen-bond acceptors (Lipinski definition) is 5. The van der Waals surface area contributed by atoms with E-state index in [1.807, 2.05) is 38.1 Å². The van der Waals surface area contributed by atoms with E-state index < -0.39 is 5.54 Å². The van der Waals surface area contributed by atoms with E-state index in [0.29, 0.717) is 12.4 Å². The van der Waals surface area contributed by atoms with Crippen LogP contribution in [0.2, 0.25) is 0 Å². The second-order valence-electron chi connectivity index (χ2n) is 7.81. The van der Waals surface area contributed by atoms with Crippen molar-refractivity contribution in [3.05, 3.63) is 41.8 Å². The number of primary amides is 1. The van der Waals surface area contributed by atoms with Crippen molar-refractivity contribution in [2.24, 2.45) is 10.7 Å². The molecular formula is C21H31IN6O2. The first-order valence-corrected chi connectivity index (χ1v) is 9.83. The molecule has 0 radical (unpaired) electrons. The molecule has 1 amide bonds. The summed E-state index contributed by atoms with van der Waals surface area (Å²) in [6.45, 7) is 9.34. The van der Waals surface area contributed by atoms with Crippen LogP contribution in [-0.4, -0.2) is 65.4 Å². The van der Waals surface area contributed by atoms with Crippen LogP contribution in [0.15, 0.2) is 39.9 Å². The third-order valence-corrected chi connectivity index (χ3v) is 5.46. The van der Waals surface area contributed by atoms with Crippen molar-refractivity contribution in [2.45, 2.75) is 32.9 Å². The van der Waals surface area contributed by atoms with Crippen LogP contribution in [0.25, 0.3) is 11.5 Å². The van der Waals surface area contributed by atoms with Gasteiger partial charge in [-0.15, -0.1) is 24.0 Å². The summed E-state index contributed by atoms with van der Waals surface area (Å²) in [5.41, 5.74) is 7.87. The molecule has 1 aliphatic heterocycles. The first-order chi connectivity index (χ1) is 13.8. The van der Waals surface area contributed by atoms with E-state index in [4.69, 9.17) is 10.2 Å². The molecule has 1 aliphatic rings. The van der Waals surface area contributed by atoms with Crippen molar-refractivity contribution in [3.63, 3.8) is 0 Å². The molecule has 30 heavy (non-hydrogen) atoms. The number of carbonyl (C=O) groups is 1. The van der Waals surface area contributed by atoms with Crippen LogP contribution < -0.4 is 11.1 Å². The Kier molecular flexibility index (Phi) is 8.25. The van der Waals surface area contributed by atoms with Gasteiger partial charge in [-0.3, -0.25) is 14.7 Å². The number of benzene rings is 1. The number of amides is 1. The van der Waals surface area contributed by atoms with Gasteiger partial charge in [0.05, 0.1) is 17.8 Å². The monoisotopic (exact) mass is 526 g/mol. The lowest BCUT2D eigenvalue weighted by Gasteiger charge is -2.43. The van der Waals surface area contributed by atoms with Crippen LogP contribution in [0.1, 0.15) is 25.1 Å². The summed E-state index contributed by atoms with van der Waals surface area (Å²) >= 11 is 0. The topological polar surface area (TPSA) is 100.0 Å². The first-order valence-electron chi connectivity index (χ1n) is 9.83. The fourth-order valence-electron chi connectivity index (χ4n) is 3.35. The molecule has 0 saturated carbocycles. The predicted octanol–water partition coefficient (Wildman–Crippen LogP) is 2.22. The Morgan fingerprint density at radius 1 is 1.23 bits per heavy atom. The second-order valence-corrected chi connectivity index (χ2v) is 7.81. The van der Waals surface area contributed by atoms with Crippen LogP contribution in [0, 0.1) is 6.92 Å². The lowest BCUT2D eigenvalue weighted by molar-refractivity contribution is -0.129. The zero-order valence-electron chi connectivity index (χ0n) is 18.0. The Labute approximate surface area is 194 Å². The highest BCUT2D eigenvalue weighted by molar-refractivity contribution is 14.0. The van der Waals surface area contributed by atoms with Crippen molar-refractivity contribution in [3.8, 4) is 11.5 Å². The van der Waals surface area contributed by atoms with Gasteiger partial charge in [0.2, 0.25) is 11.8 Å². The molecule has 2 heterocycles. The number of nitrogens with two attached hydrogens (primary N) is 1. The lowest BCUT2D eigenvalue weighted by atomic mass is 10.0. The van der Waals surface area contributed by atoms with E-state index in [1.54, 1.807) is 13.3 Å². The number of halogens is 1. The molecule has 2 aromatic rings. The molecule has 3 N–H and O–H groups in total. The number of guanidine groups is 1. The number of aromatic nitrogens is 1. The molecule has 164 valence electrons. The van der Waals surface area contributed by atoms with Gasteiger partial charge in [0.25, 0.3) is 0 Å². The van der Waals surface area contributed by atoms with E-state index in [1.165, 1.54) is 5.56 Å². The molecule has 1 saturated heterocycles. The van der Waals surface area contributed by atoms with Gasteiger partial charge < -0.3 is 20.4 Å². The zero-order chi connectivity index (χ0) is 21.0. The van der Waals surface area contributed by atoms with Crippen LogP contribution in [-0.2, 0) is 11.3 Å². The van der Waals surface area contributed by atoms with E-state index in [-0.39, 0.29) is 29.9 Å². The summed E-state index contributed by atoms with van der Waals surface area (Å²) in [6, 6.07) is 8.09. The Morgan fingerprint density at radius 3 is 2.43 bits per heavy atom. The Balaban J connectivity index is 0.00000320. The quantitative estimate of drug-likeness (QED) is 0.352. The number of aliphatic imine (C=N–C) groups is 1. The Bertz CT molecular complexity index is 870. The van der Waals surface area contributed by atoms with Crippen LogP contribution in [0.4, 0.5) is 0 Å². The molecule has 3 rings (SSSR count). The lowest BCUT2D eigenvalue weighted by Crippen LogP contribution is -2.61. The molecule has 0 unspecified atom stereocenters. The third kappa shape index (κ3) is 5.51. The van der Waals surface area contributed by atoms with Gasteiger partial charge in [0.15, 0.2) is 5.96 Å². The number of piperazine rings is 1. The van der Waals surface area contributed by atoms with Crippen molar-refractivity contribution in [1.29, 1.82) is 0 Å². The van der Waals surface area contributed by atoms with Crippen molar-refractivity contribution in [1.82, 2.24) is 20.1 Å². The zero-order valence-corrected chi connectivity index (χ0v) is 20.3. The predicted molar refractivity (Wildman–Crippen MR) is 129 cm³/mol. The van der Waals surface area contributed by atoms with Crippen LogP contribution >= 0.6 is 24.0 Å². The van der Waals surface area contributed by atoms with Gasteiger partial charge in [-0.1, -0.05) is 17.7 Å². The fourth-order valence-corrected chi connectivity index (χ4v) is 3.35. The summed E-state index contributed by atoms with van der Waals surface area (Å²) in [7, 11) is 1.77. The Hall–Kier alpha value is -2.14. The number of oxazole rings is 1. The molecule has 0 aliphatic carbocycles. The summed E-state index contributed by atoms with van der Waals surface area (Å²) < 4.78 is 5.62. The molecule has 1 aromatic heterocycles. The van der Waals surface area contributed by atoms with Gasteiger partial charge in [-0.25, -0.2) is 4.98 Å². The van der Waals surface area contributed by atoms with Crippen LogP contribution in [0.3, 0.4) is 0 Å². The maximum atomic E-state index is 11.7. The second kappa shape index (κ2) is 10.3. The average molecular weight is 526 g/mol. The smallest absolute Gasteiger partial charge is 0.237 e. The number of nitrogens with zero attached hydrogens (tertiary/aromatic N) is 4. The van der Waals surface area contributed by atoms with Crippen LogP contribution in [0.5, 0.6) is 0 Å². The normalized spacial score (nSPS) is 15.6. The van der Waals surface area contributed by atoms with Gasteiger partial charge >= 0.3 is 0 Å². The summed E-state index contributed by atoms with van der Waals surface area (Å²) in [5.74, 6) is 1.12. The van der Waals surface area contributed by atoms with Crippen molar-refractivity contribution in [2.75, 3.05) is 33.2 Å². The average Bonchev–Trinajstić information content (AvgIpc) is 3.18. The molecular weight excluding hydrogens is 495 g/mol. The molecule has 0 bridgehead atoms. The van der Waals surface area contributed by atoms with Crippen molar-refractivity contribution >= 4 is 35.8 Å². The minimum atomic E-state index is -0.643. The standard InChI is InChI=1S/C21H30N6O2.HI/c1-15-5-7-16(8-6-15)18-25-17(14-29-18)13-24-20(23-4)26-9-11-27(12-10-26)21(2,3)19(22)28;/h5-8,14H,9-13H2,1-4H3,(H2,22,28)(H,23,24);1H. The third-order valence-electron chi connectivity index (χ3n) is 5.46. The maximum absolute atomic E-state index is 11.7. The fraction of sp³-hybridized carbons (Fsp3) is 0.476. The van der Waals surface area contributed by atoms with E-state index in [2.05, 4.69) is 32.0 Å². The first kappa shape index (κ1) is 24.1. The molecule has 0 spiro atoms. The number of hydrogen-bond donors (Lipinski definition) is 2. The minimum Gasteiger partial charge on any atom is -0.444 e. The van der Waals surface area contributed by atoms with E-state index in [0.717, 1.165) is 43.4 Å².